The summed E-state index contributed by atoms with van der Waals surface area (Å²) < 4.78 is 1.80. The molecule has 0 bridgehead atoms. The third kappa shape index (κ3) is 3.51. The Hall–Kier alpha value is -3.48. The summed E-state index contributed by atoms with van der Waals surface area (Å²) in [6.45, 7) is 1.89. The molecule has 0 unspecified atom stereocenters. The van der Waals surface area contributed by atoms with Crippen molar-refractivity contribution in [1.82, 2.24) is 20.1 Å². The Bertz CT molecular complexity index is 982. The van der Waals surface area contributed by atoms with Gasteiger partial charge in [0.1, 0.15) is 12.0 Å². The van der Waals surface area contributed by atoms with E-state index in [-0.39, 0.29) is 18.0 Å². The molecule has 1 aliphatic rings. The van der Waals surface area contributed by atoms with E-state index in [0.717, 1.165) is 11.3 Å². The second-order valence-electron chi connectivity index (χ2n) is 6.85. The predicted octanol–water partition coefficient (Wildman–Crippen LogP) is 3.00. The molecule has 7 nitrogen and oxygen atoms in total. The lowest BCUT2D eigenvalue weighted by atomic mass is 10.0. The molecule has 0 saturated carbocycles. The number of benzene rings is 2. The minimum absolute atomic E-state index is 0.0190. The zero-order valence-electron chi connectivity index (χ0n) is 15.9. The van der Waals surface area contributed by atoms with Crippen LogP contribution in [0.3, 0.4) is 0 Å². The molecule has 1 N–H and O–H groups in total. The van der Waals surface area contributed by atoms with Crippen molar-refractivity contribution < 1.29 is 4.79 Å². The number of hydrazone groups is 1. The van der Waals surface area contributed by atoms with Crippen LogP contribution in [0.4, 0.5) is 5.69 Å². The van der Waals surface area contributed by atoms with Gasteiger partial charge in [-0.2, -0.15) is 5.10 Å². The molecule has 4 rings (SSSR count). The van der Waals surface area contributed by atoms with Crippen LogP contribution >= 0.6 is 0 Å². The third-order valence-corrected chi connectivity index (χ3v) is 4.86. The van der Waals surface area contributed by atoms with E-state index in [1.807, 2.05) is 67.5 Å². The van der Waals surface area contributed by atoms with Gasteiger partial charge >= 0.3 is 0 Å². The van der Waals surface area contributed by atoms with Crippen LogP contribution in [0.25, 0.3) is 0 Å². The van der Waals surface area contributed by atoms with Gasteiger partial charge in [-0.3, -0.25) is 9.80 Å². The van der Waals surface area contributed by atoms with Crippen LogP contribution in [0.15, 0.2) is 72.1 Å². The van der Waals surface area contributed by atoms with E-state index in [1.54, 1.807) is 10.9 Å². The lowest BCUT2D eigenvalue weighted by Gasteiger charge is -2.23. The molecule has 0 spiro atoms. The molecule has 142 valence electrons. The first-order valence-corrected chi connectivity index (χ1v) is 9.25. The van der Waals surface area contributed by atoms with Crippen LogP contribution in [0.2, 0.25) is 0 Å². The van der Waals surface area contributed by atoms with Gasteiger partial charge in [0.15, 0.2) is 5.82 Å². The normalized spacial score (nSPS) is 17.3. The topological polar surface area (TPSA) is 75.4 Å². The summed E-state index contributed by atoms with van der Waals surface area (Å²) in [6, 6.07) is 19.8. The smallest absolute Gasteiger partial charge is 0.268 e. The van der Waals surface area contributed by atoms with Gasteiger partial charge in [-0.05, 0) is 24.6 Å². The van der Waals surface area contributed by atoms with Crippen molar-refractivity contribution in [2.24, 2.45) is 12.1 Å². The zero-order chi connectivity index (χ0) is 19.5. The van der Waals surface area contributed by atoms with E-state index in [1.165, 1.54) is 0 Å². The van der Waals surface area contributed by atoms with Crippen LogP contribution < -0.4 is 10.3 Å². The molecule has 1 amide bonds. The highest BCUT2D eigenvalue weighted by Gasteiger charge is 2.33. The maximum absolute atomic E-state index is 12.9. The van der Waals surface area contributed by atoms with Crippen LogP contribution in [0, 0.1) is 0 Å². The quantitative estimate of drug-likeness (QED) is 0.745. The van der Waals surface area contributed by atoms with Gasteiger partial charge in [-0.15, -0.1) is 10.2 Å². The summed E-state index contributed by atoms with van der Waals surface area (Å²) in [5.41, 5.74) is 2.59. The van der Waals surface area contributed by atoms with E-state index in [4.69, 9.17) is 0 Å². The van der Waals surface area contributed by atoms with Crippen molar-refractivity contribution in [1.29, 1.82) is 0 Å². The molecule has 2 atom stereocenters. The SMILES string of the molecule is C[C@@H](NC(=O)C1=NN(c2ccccc2)[C@H](c2ccccc2)C1)c1nncn1C. The highest BCUT2D eigenvalue weighted by Crippen LogP contribution is 2.35. The standard InChI is InChI=1S/C21H22N6O/c1-15(20-24-22-14-26(20)2)23-21(28)18-13-19(16-9-5-3-6-10-16)27(25-18)17-11-7-4-8-12-17/h3-12,14-15,19H,13H2,1-2H3,(H,23,28)/t15-,19+/m1/s1. The fourth-order valence-corrected chi connectivity index (χ4v) is 3.43. The van der Waals surface area contributed by atoms with E-state index in [2.05, 4.69) is 32.7 Å². The van der Waals surface area contributed by atoms with Gasteiger partial charge in [0, 0.05) is 13.5 Å². The Morgan fingerprint density at radius 1 is 1.11 bits per heavy atom. The van der Waals surface area contributed by atoms with Crippen molar-refractivity contribution in [3.63, 3.8) is 0 Å². The van der Waals surface area contributed by atoms with Crippen LogP contribution in [0.1, 0.15) is 36.8 Å². The molecule has 0 fully saturated rings. The number of para-hydroxylation sites is 1. The fraction of sp³-hybridized carbons (Fsp3) is 0.238. The number of nitrogens with one attached hydrogen (secondary N) is 1. The Kier molecular flexibility index (Phi) is 4.89. The molecular formula is C21H22N6O. The summed E-state index contributed by atoms with van der Waals surface area (Å²) >= 11 is 0. The third-order valence-electron chi connectivity index (χ3n) is 4.86. The number of aryl methyl sites for hydroxylation is 1. The maximum atomic E-state index is 12.9. The molecule has 1 aromatic heterocycles. The van der Waals surface area contributed by atoms with Crippen molar-refractivity contribution in [2.75, 3.05) is 5.01 Å². The fourth-order valence-electron chi connectivity index (χ4n) is 3.43. The van der Waals surface area contributed by atoms with Crippen molar-refractivity contribution in [2.45, 2.75) is 25.4 Å². The predicted molar refractivity (Wildman–Crippen MR) is 108 cm³/mol. The summed E-state index contributed by atoms with van der Waals surface area (Å²) in [5.74, 6) is 0.515. The van der Waals surface area contributed by atoms with Crippen LogP contribution in [-0.4, -0.2) is 26.4 Å². The monoisotopic (exact) mass is 374 g/mol. The molecule has 0 aliphatic carbocycles. The first-order valence-electron chi connectivity index (χ1n) is 9.25. The van der Waals surface area contributed by atoms with Crippen molar-refractivity contribution >= 4 is 17.3 Å². The molecular weight excluding hydrogens is 352 g/mol. The minimum Gasteiger partial charge on any atom is -0.341 e. The van der Waals surface area contributed by atoms with Crippen LogP contribution in [0.5, 0.6) is 0 Å². The average molecular weight is 374 g/mol. The number of anilines is 1. The Balaban J connectivity index is 1.58. The number of hydrogen-bond acceptors (Lipinski definition) is 5. The lowest BCUT2D eigenvalue weighted by molar-refractivity contribution is -0.115. The molecule has 28 heavy (non-hydrogen) atoms. The van der Waals surface area contributed by atoms with Gasteiger partial charge in [-0.25, -0.2) is 0 Å². The Morgan fingerprint density at radius 3 is 2.43 bits per heavy atom. The van der Waals surface area contributed by atoms with Gasteiger partial charge in [0.25, 0.3) is 5.91 Å². The van der Waals surface area contributed by atoms with Gasteiger partial charge in [-0.1, -0.05) is 48.5 Å². The highest BCUT2D eigenvalue weighted by atomic mass is 16.2. The van der Waals surface area contributed by atoms with E-state index in [9.17, 15) is 4.79 Å². The number of carbonyl (C=O) groups is 1. The van der Waals surface area contributed by atoms with Gasteiger partial charge < -0.3 is 9.88 Å². The largest absolute Gasteiger partial charge is 0.341 e. The van der Waals surface area contributed by atoms with E-state index < -0.39 is 0 Å². The number of rotatable bonds is 5. The van der Waals surface area contributed by atoms with E-state index >= 15 is 0 Å². The molecule has 2 heterocycles. The molecule has 1 aliphatic heterocycles. The number of carbonyl (C=O) groups excluding carboxylic acids is 1. The summed E-state index contributed by atoms with van der Waals surface area (Å²) in [7, 11) is 1.85. The van der Waals surface area contributed by atoms with Crippen molar-refractivity contribution in [3.8, 4) is 0 Å². The summed E-state index contributed by atoms with van der Waals surface area (Å²) in [5, 5.41) is 17.5. The van der Waals surface area contributed by atoms with E-state index in [0.29, 0.717) is 18.0 Å². The Morgan fingerprint density at radius 2 is 1.79 bits per heavy atom. The lowest BCUT2D eigenvalue weighted by Crippen LogP contribution is -2.33. The highest BCUT2D eigenvalue weighted by molar-refractivity contribution is 6.39. The molecule has 2 aromatic carbocycles. The molecule has 7 heteroatoms. The second kappa shape index (κ2) is 7.64. The zero-order valence-corrected chi connectivity index (χ0v) is 15.9. The first kappa shape index (κ1) is 17.9. The number of aromatic nitrogens is 3. The molecule has 3 aromatic rings. The second-order valence-corrected chi connectivity index (χ2v) is 6.85. The molecule has 0 radical (unpaired) electrons. The van der Waals surface area contributed by atoms with Crippen LogP contribution in [-0.2, 0) is 11.8 Å². The summed E-state index contributed by atoms with van der Waals surface area (Å²) in [4.78, 5) is 12.9. The van der Waals surface area contributed by atoms with Crippen molar-refractivity contribution in [3.05, 3.63) is 78.4 Å². The summed E-state index contributed by atoms with van der Waals surface area (Å²) in [6.07, 6.45) is 2.16. The first-order chi connectivity index (χ1) is 13.6. The molecule has 0 saturated heterocycles. The number of amides is 1. The Labute approximate surface area is 163 Å². The van der Waals surface area contributed by atoms with Gasteiger partial charge in [0.2, 0.25) is 0 Å². The maximum Gasteiger partial charge on any atom is 0.268 e. The minimum atomic E-state index is -0.261. The van der Waals surface area contributed by atoms with Gasteiger partial charge in [0.05, 0.1) is 17.8 Å². The average Bonchev–Trinajstić information content (AvgIpc) is 3.36. The number of hydrogen-bond donors (Lipinski definition) is 1. The number of nitrogens with zero attached hydrogens (tertiary/aromatic N) is 5.